The molecule has 17 heavy (non-hydrogen) atoms. The van der Waals surface area contributed by atoms with Crippen molar-refractivity contribution >= 4 is 27.8 Å². The predicted molar refractivity (Wildman–Crippen MR) is 65.0 cm³/mol. The highest BCUT2D eigenvalue weighted by atomic mass is 79.9. The van der Waals surface area contributed by atoms with E-state index in [0.29, 0.717) is 16.6 Å². The van der Waals surface area contributed by atoms with Crippen LogP contribution in [0.3, 0.4) is 0 Å². The average Bonchev–Trinajstić information content (AvgIpc) is 2.27. The van der Waals surface area contributed by atoms with E-state index < -0.39 is 18.0 Å². The molecule has 0 radical (unpaired) electrons. The zero-order valence-electron chi connectivity index (χ0n) is 9.14. The summed E-state index contributed by atoms with van der Waals surface area (Å²) in [5.41, 5.74) is 5.20. The van der Waals surface area contributed by atoms with Gasteiger partial charge in [-0.15, -0.1) is 0 Å². The highest BCUT2D eigenvalue weighted by molar-refractivity contribution is 9.10. The molecule has 1 unspecified atom stereocenters. The average molecular weight is 302 g/mol. The number of nitrogens with two attached hydrogens (primary N) is 1. The number of benzene rings is 1. The normalized spacial score (nSPS) is 11.9. The van der Waals surface area contributed by atoms with Crippen LogP contribution in [0.25, 0.3) is 0 Å². The molecule has 0 saturated carbocycles. The van der Waals surface area contributed by atoms with Crippen LogP contribution in [-0.2, 0) is 4.79 Å². The van der Waals surface area contributed by atoms with Crippen LogP contribution in [0.15, 0.2) is 22.7 Å². The Labute approximate surface area is 107 Å². The molecule has 1 atom stereocenters. The SMILES string of the molecule is CCC(Oc1ccc(Br)c(C(=O)O)c1)C(N)=O. The smallest absolute Gasteiger partial charge is 0.336 e. The first-order valence-electron chi connectivity index (χ1n) is 4.94. The van der Waals surface area contributed by atoms with Crippen molar-refractivity contribution in [3.05, 3.63) is 28.2 Å². The molecule has 3 N–H and O–H groups in total. The molecular weight excluding hydrogens is 290 g/mol. The van der Waals surface area contributed by atoms with E-state index in [4.69, 9.17) is 15.6 Å². The minimum absolute atomic E-state index is 0.0711. The van der Waals surface area contributed by atoms with Crippen molar-refractivity contribution in [1.29, 1.82) is 0 Å². The van der Waals surface area contributed by atoms with Gasteiger partial charge in [-0.05, 0) is 40.5 Å². The Hall–Kier alpha value is -1.56. The van der Waals surface area contributed by atoms with Crippen LogP contribution < -0.4 is 10.5 Å². The van der Waals surface area contributed by atoms with Gasteiger partial charge in [0.15, 0.2) is 6.10 Å². The maximum Gasteiger partial charge on any atom is 0.336 e. The van der Waals surface area contributed by atoms with E-state index >= 15 is 0 Å². The Bertz CT molecular complexity index is 447. The van der Waals surface area contributed by atoms with Gasteiger partial charge in [0.2, 0.25) is 0 Å². The summed E-state index contributed by atoms with van der Waals surface area (Å²) in [5.74, 6) is -1.35. The molecule has 0 spiro atoms. The number of aromatic carboxylic acids is 1. The first kappa shape index (κ1) is 13.5. The van der Waals surface area contributed by atoms with Crippen molar-refractivity contribution in [1.82, 2.24) is 0 Å². The molecule has 1 aromatic rings. The standard InChI is InChI=1S/C11H12BrNO4/c1-2-9(10(13)14)17-6-3-4-8(12)7(5-6)11(15)16/h3-5,9H,2H2,1H3,(H2,13,14)(H,15,16). The number of carbonyl (C=O) groups excluding carboxylic acids is 1. The number of carbonyl (C=O) groups is 2. The first-order valence-corrected chi connectivity index (χ1v) is 5.73. The van der Waals surface area contributed by atoms with Gasteiger partial charge >= 0.3 is 5.97 Å². The fourth-order valence-electron chi connectivity index (χ4n) is 1.25. The van der Waals surface area contributed by atoms with E-state index in [0.717, 1.165) is 0 Å². The molecule has 0 aliphatic carbocycles. The number of hydrogen-bond acceptors (Lipinski definition) is 3. The predicted octanol–water partition coefficient (Wildman–Crippen LogP) is 1.79. The van der Waals surface area contributed by atoms with Gasteiger partial charge in [0, 0.05) is 4.47 Å². The second kappa shape index (κ2) is 5.67. The summed E-state index contributed by atoms with van der Waals surface area (Å²) in [6.45, 7) is 1.76. The molecule has 0 bridgehead atoms. The van der Waals surface area contributed by atoms with Crippen LogP contribution in [-0.4, -0.2) is 23.1 Å². The Morgan fingerprint density at radius 2 is 2.18 bits per heavy atom. The minimum Gasteiger partial charge on any atom is -0.481 e. The molecule has 1 amide bonds. The molecule has 0 heterocycles. The second-order valence-electron chi connectivity index (χ2n) is 3.36. The monoisotopic (exact) mass is 301 g/mol. The van der Waals surface area contributed by atoms with E-state index in [1.807, 2.05) is 0 Å². The van der Waals surface area contributed by atoms with Gasteiger partial charge in [-0.25, -0.2) is 4.79 Å². The molecule has 92 valence electrons. The lowest BCUT2D eigenvalue weighted by Gasteiger charge is -2.14. The summed E-state index contributed by atoms with van der Waals surface area (Å²) in [6.07, 6.45) is -0.328. The van der Waals surface area contributed by atoms with Crippen LogP contribution in [0.5, 0.6) is 5.75 Å². The molecule has 0 saturated heterocycles. The first-order chi connectivity index (χ1) is 7.95. The number of rotatable bonds is 5. The van der Waals surface area contributed by atoms with Gasteiger partial charge in [0.1, 0.15) is 5.75 Å². The van der Waals surface area contributed by atoms with Crippen molar-refractivity contribution in [3.8, 4) is 5.75 Å². The summed E-state index contributed by atoms with van der Waals surface area (Å²) in [6, 6.07) is 4.46. The lowest BCUT2D eigenvalue weighted by Crippen LogP contribution is -2.33. The maximum atomic E-state index is 11.0. The van der Waals surface area contributed by atoms with Gasteiger partial charge in [-0.3, -0.25) is 4.79 Å². The molecule has 5 nitrogen and oxygen atoms in total. The molecular formula is C11H12BrNO4. The third-order valence-electron chi connectivity index (χ3n) is 2.13. The highest BCUT2D eigenvalue weighted by Crippen LogP contribution is 2.23. The number of primary amides is 1. The van der Waals surface area contributed by atoms with Crippen molar-refractivity contribution in [3.63, 3.8) is 0 Å². The van der Waals surface area contributed by atoms with Gasteiger partial charge in [-0.2, -0.15) is 0 Å². The maximum absolute atomic E-state index is 11.0. The van der Waals surface area contributed by atoms with Gasteiger partial charge in [-0.1, -0.05) is 6.92 Å². The number of carboxylic acids is 1. The van der Waals surface area contributed by atoms with Crippen molar-refractivity contribution < 1.29 is 19.4 Å². The quantitative estimate of drug-likeness (QED) is 0.867. The molecule has 1 rings (SSSR count). The number of hydrogen-bond donors (Lipinski definition) is 2. The molecule has 0 aromatic heterocycles. The lowest BCUT2D eigenvalue weighted by molar-refractivity contribution is -0.124. The van der Waals surface area contributed by atoms with Crippen LogP contribution in [0.2, 0.25) is 0 Å². The molecule has 0 aliphatic heterocycles. The summed E-state index contributed by atoms with van der Waals surface area (Å²) < 4.78 is 5.76. The largest absolute Gasteiger partial charge is 0.481 e. The van der Waals surface area contributed by atoms with E-state index in [9.17, 15) is 9.59 Å². The Balaban J connectivity index is 2.96. The Morgan fingerprint density at radius 1 is 1.53 bits per heavy atom. The summed E-state index contributed by atoms with van der Waals surface area (Å²) >= 11 is 3.12. The fraction of sp³-hybridized carbons (Fsp3) is 0.273. The highest BCUT2D eigenvalue weighted by Gasteiger charge is 2.16. The van der Waals surface area contributed by atoms with E-state index in [2.05, 4.69) is 15.9 Å². The van der Waals surface area contributed by atoms with Crippen molar-refractivity contribution in [2.75, 3.05) is 0 Å². The lowest BCUT2D eigenvalue weighted by atomic mass is 10.2. The van der Waals surface area contributed by atoms with Crippen LogP contribution in [0.1, 0.15) is 23.7 Å². The minimum atomic E-state index is -1.07. The zero-order valence-corrected chi connectivity index (χ0v) is 10.7. The molecule has 6 heteroatoms. The van der Waals surface area contributed by atoms with Crippen LogP contribution >= 0.6 is 15.9 Å². The van der Waals surface area contributed by atoms with E-state index in [1.54, 1.807) is 19.1 Å². The third kappa shape index (κ3) is 3.45. The van der Waals surface area contributed by atoms with E-state index in [1.165, 1.54) is 6.07 Å². The van der Waals surface area contributed by atoms with Gasteiger partial charge in [0.25, 0.3) is 5.91 Å². The number of amides is 1. The Kier molecular flexibility index (Phi) is 4.51. The number of carboxylic acid groups (broad SMARTS) is 1. The van der Waals surface area contributed by atoms with Crippen LogP contribution in [0.4, 0.5) is 0 Å². The molecule has 0 fully saturated rings. The summed E-state index contributed by atoms with van der Waals surface area (Å²) in [4.78, 5) is 21.9. The number of ether oxygens (including phenoxy) is 1. The summed E-state index contributed by atoms with van der Waals surface area (Å²) in [5, 5.41) is 8.91. The van der Waals surface area contributed by atoms with Crippen LogP contribution in [0, 0.1) is 0 Å². The number of halogens is 1. The molecule has 1 aromatic carbocycles. The van der Waals surface area contributed by atoms with Crippen molar-refractivity contribution in [2.45, 2.75) is 19.4 Å². The van der Waals surface area contributed by atoms with Gasteiger partial charge in [0.05, 0.1) is 5.56 Å². The summed E-state index contributed by atoms with van der Waals surface area (Å²) in [7, 11) is 0. The third-order valence-corrected chi connectivity index (χ3v) is 2.83. The fourth-order valence-corrected chi connectivity index (χ4v) is 1.66. The second-order valence-corrected chi connectivity index (χ2v) is 4.22. The van der Waals surface area contributed by atoms with E-state index in [-0.39, 0.29) is 5.56 Å². The Morgan fingerprint density at radius 3 is 2.65 bits per heavy atom. The van der Waals surface area contributed by atoms with Gasteiger partial charge < -0.3 is 15.6 Å². The molecule has 0 aliphatic rings. The topological polar surface area (TPSA) is 89.6 Å². The van der Waals surface area contributed by atoms with Crippen molar-refractivity contribution in [2.24, 2.45) is 5.73 Å². The zero-order chi connectivity index (χ0) is 13.0.